The van der Waals surface area contributed by atoms with Crippen LogP contribution < -0.4 is 0 Å². The van der Waals surface area contributed by atoms with Gasteiger partial charge in [0, 0.05) is 28.6 Å². The molecule has 5 rings (SSSR count). The number of nitrogens with zero attached hydrogens (tertiary/aromatic N) is 1. The Balaban J connectivity index is 1.80. The van der Waals surface area contributed by atoms with Crippen LogP contribution in [0, 0.1) is 5.82 Å². The Morgan fingerprint density at radius 1 is 0.966 bits per heavy atom. The maximum absolute atomic E-state index is 13.6. The summed E-state index contributed by atoms with van der Waals surface area (Å²) in [7, 11) is 0. The molecule has 1 atom stereocenters. The Morgan fingerprint density at radius 2 is 1.69 bits per heavy atom. The lowest BCUT2D eigenvalue weighted by Gasteiger charge is -2.26. The van der Waals surface area contributed by atoms with Crippen LogP contribution in [-0.2, 0) is 0 Å². The number of rotatable bonds is 4. The zero-order valence-corrected chi connectivity index (χ0v) is 16.2. The zero-order chi connectivity index (χ0) is 20.0. The fourth-order valence-corrected chi connectivity index (χ4v) is 4.44. The van der Waals surface area contributed by atoms with Gasteiger partial charge >= 0.3 is 0 Å². The number of nitrogens with one attached hydrogen (secondary N) is 1. The van der Waals surface area contributed by atoms with E-state index in [1.807, 2.05) is 47.4 Å². The number of halogens is 1. The van der Waals surface area contributed by atoms with Crippen LogP contribution in [0.5, 0.6) is 0 Å². The van der Waals surface area contributed by atoms with Gasteiger partial charge in [-0.3, -0.25) is 4.79 Å². The maximum Gasteiger partial charge on any atom is 0.255 e. The Morgan fingerprint density at radius 3 is 2.48 bits per heavy atom. The summed E-state index contributed by atoms with van der Waals surface area (Å²) in [6.07, 6.45) is 0.879. The lowest BCUT2D eigenvalue weighted by molar-refractivity contribution is 0.0751. The predicted molar refractivity (Wildman–Crippen MR) is 113 cm³/mol. The summed E-state index contributed by atoms with van der Waals surface area (Å²) in [5.41, 5.74) is 5.71. The van der Waals surface area contributed by atoms with E-state index in [1.165, 1.54) is 12.1 Å². The van der Waals surface area contributed by atoms with Crippen LogP contribution in [0.15, 0.2) is 72.8 Å². The third-order valence-electron chi connectivity index (χ3n) is 5.68. The van der Waals surface area contributed by atoms with Gasteiger partial charge in [-0.15, -0.1) is 0 Å². The second-order valence-electron chi connectivity index (χ2n) is 7.45. The molecule has 1 aromatic heterocycles. The van der Waals surface area contributed by atoms with Crippen molar-refractivity contribution in [3.05, 3.63) is 95.3 Å². The summed E-state index contributed by atoms with van der Waals surface area (Å²) in [4.78, 5) is 18.7. The topological polar surface area (TPSA) is 36.1 Å². The first kappa shape index (κ1) is 17.7. The van der Waals surface area contributed by atoms with Gasteiger partial charge in [0.2, 0.25) is 0 Å². The SMILES string of the molecule is CCCN1C(=O)c2ccccc2[C@@H]1c1c(-c2ccc(F)cc2)[nH]c2ccccc12. The van der Waals surface area contributed by atoms with E-state index in [4.69, 9.17) is 0 Å². The van der Waals surface area contributed by atoms with E-state index in [9.17, 15) is 9.18 Å². The highest BCUT2D eigenvalue weighted by Gasteiger charge is 2.39. The van der Waals surface area contributed by atoms with Crippen LogP contribution in [0.2, 0.25) is 0 Å². The molecule has 0 spiro atoms. The number of aromatic amines is 1. The summed E-state index contributed by atoms with van der Waals surface area (Å²) < 4.78 is 13.6. The van der Waals surface area contributed by atoms with Crippen molar-refractivity contribution in [3.8, 4) is 11.3 Å². The Bertz CT molecular complexity index is 1210. The van der Waals surface area contributed by atoms with Gasteiger partial charge in [-0.1, -0.05) is 43.3 Å². The highest BCUT2D eigenvalue weighted by atomic mass is 19.1. The molecule has 0 bridgehead atoms. The van der Waals surface area contributed by atoms with Gasteiger partial charge in [-0.05, 0) is 53.9 Å². The summed E-state index contributed by atoms with van der Waals surface area (Å²) in [5, 5.41) is 1.09. The van der Waals surface area contributed by atoms with Gasteiger partial charge in [0.15, 0.2) is 0 Å². The molecule has 1 N–H and O–H groups in total. The standard InChI is InChI=1S/C25H21FN2O/c1-2-15-28-24(18-7-3-4-8-19(18)25(28)29)22-20-9-5-6-10-21(20)27-23(22)16-11-13-17(26)14-12-16/h3-14,24,27H,2,15H2,1H3/t24-/m1/s1. The van der Waals surface area contributed by atoms with Crippen molar-refractivity contribution in [2.24, 2.45) is 0 Å². The van der Waals surface area contributed by atoms with Gasteiger partial charge in [0.05, 0.1) is 11.7 Å². The first-order chi connectivity index (χ1) is 14.2. The minimum atomic E-state index is -0.264. The fourth-order valence-electron chi connectivity index (χ4n) is 4.44. The van der Waals surface area contributed by atoms with Crippen LogP contribution in [0.4, 0.5) is 4.39 Å². The van der Waals surface area contributed by atoms with Crippen molar-refractivity contribution >= 4 is 16.8 Å². The summed E-state index contributed by atoms with van der Waals surface area (Å²) in [6.45, 7) is 2.77. The van der Waals surface area contributed by atoms with Crippen molar-refractivity contribution in [2.45, 2.75) is 19.4 Å². The normalized spacial score (nSPS) is 15.9. The van der Waals surface area contributed by atoms with Gasteiger partial charge in [-0.2, -0.15) is 0 Å². The average molecular weight is 384 g/mol. The molecule has 1 aliphatic rings. The lowest BCUT2D eigenvalue weighted by Crippen LogP contribution is -2.29. The van der Waals surface area contributed by atoms with Crippen LogP contribution in [0.1, 0.15) is 40.9 Å². The second kappa shape index (κ2) is 6.89. The summed E-state index contributed by atoms with van der Waals surface area (Å²) in [6, 6.07) is 22.3. The number of hydrogen-bond donors (Lipinski definition) is 1. The number of H-pyrrole nitrogens is 1. The molecule has 2 heterocycles. The number of para-hydroxylation sites is 1. The molecule has 0 radical (unpaired) electrons. The number of carbonyl (C=O) groups is 1. The number of hydrogen-bond acceptors (Lipinski definition) is 1. The quantitative estimate of drug-likeness (QED) is 0.465. The third-order valence-corrected chi connectivity index (χ3v) is 5.68. The Labute approximate surface area is 168 Å². The van der Waals surface area contributed by atoms with Crippen LogP contribution in [0.25, 0.3) is 22.2 Å². The monoisotopic (exact) mass is 384 g/mol. The average Bonchev–Trinajstić information content (AvgIpc) is 3.25. The minimum Gasteiger partial charge on any atom is -0.354 e. The molecule has 0 unspecified atom stereocenters. The molecule has 144 valence electrons. The van der Waals surface area contributed by atoms with E-state index in [0.717, 1.165) is 45.3 Å². The zero-order valence-electron chi connectivity index (χ0n) is 16.2. The number of fused-ring (bicyclic) bond motifs is 2. The highest BCUT2D eigenvalue weighted by Crippen LogP contribution is 2.45. The van der Waals surface area contributed by atoms with Crippen molar-refractivity contribution in [1.82, 2.24) is 9.88 Å². The van der Waals surface area contributed by atoms with E-state index in [1.54, 1.807) is 12.1 Å². The molecule has 29 heavy (non-hydrogen) atoms. The third kappa shape index (κ3) is 2.75. The maximum atomic E-state index is 13.6. The summed E-state index contributed by atoms with van der Waals surface area (Å²) in [5.74, 6) is -0.191. The largest absolute Gasteiger partial charge is 0.354 e. The first-order valence-electron chi connectivity index (χ1n) is 9.95. The van der Waals surface area contributed by atoms with E-state index in [2.05, 4.69) is 18.0 Å². The molecule has 0 saturated heterocycles. The molecule has 0 aliphatic carbocycles. The molecule has 0 fully saturated rings. The van der Waals surface area contributed by atoms with E-state index in [0.29, 0.717) is 6.54 Å². The molecule has 1 aliphatic heterocycles. The van der Waals surface area contributed by atoms with Gasteiger partial charge in [0.1, 0.15) is 5.82 Å². The molecule has 4 heteroatoms. The number of carbonyl (C=O) groups excluding carboxylic acids is 1. The van der Waals surface area contributed by atoms with E-state index < -0.39 is 0 Å². The molecule has 0 saturated carbocycles. The minimum absolute atomic E-state index is 0.0720. The van der Waals surface area contributed by atoms with Gasteiger partial charge in [0.25, 0.3) is 5.91 Å². The van der Waals surface area contributed by atoms with Crippen LogP contribution in [-0.4, -0.2) is 22.3 Å². The Hall–Kier alpha value is -3.40. The molecule has 1 amide bonds. The van der Waals surface area contributed by atoms with Gasteiger partial charge < -0.3 is 9.88 Å². The molecule has 4 aromatic rings. The molecule has 3 aromatic carbocycles. The van der Waals surface area contributed by atoms with Crippen LogP contribution >= 0.6 is 0 Å². The second-order valence-corrected chi connectivity index (χ2v) is 7.45. The van der Waals surface area contributed by atoms with E-state index in [-0.39, 0.29) is 17.8 Å². The van der Waals surface area contributed by atoms with E-state index >= 15 is 0 Å². The van der Waals surface area contributed by atoms with Crippen LogP contribution in [0.3, 0.4) is 0 Å². The predicted octanol–water partition coefficient (Wildman–Crippen LogP) is 5.93. The summed E-state index contributed by atoms with van der Waals surface area (Å²) >= 11 is 0. The van der Waals surface area contributed by atoms with Crippen molar-refractivity contribution in [2.75, 3.05) is 6.54 Å². The lowest BCUT2D eigenvalue weighted by atomic mass is 9.93. The van der Waals surface area contributed by atoms with Gasteiger partial charge in [-0.25, -0.2) is 4.39 Å². The number of aromatic nitrogens is 1. The first-order valence-corrected chi connectivity index (χ1v) is 9.95. The highest BCUT2D eigenvalue weighted by molar-refractivity contribution is 6.02. The fraction of sp³-hybridized carbons (Fsp3) is 0.160. The Kier molecular flexibility index (Phi) is 4.20. The number of amides is 1. The number of benzene rings is 3. The smallest absolute Gasteiger partial charge is 0.255 e. The molecular formula is C25H21FN2O. The molecular weight excluding hydrogens is 363 g/mol. The van der Waals surface area contributed by atoms with Crippen molar-refractivity contribution in [1.29, 1.82) is 0 Å². The molecule has 3 nitrogen and oxygen atoms in total. The van der Waals surface area contributed by atoms with Crippen molar-refractivity contribution < 1.29 is 9.18 Å². The van der Waals surface area contributed by atoms with Crippen molar-refractivity contribution in [3.63, 3.8) is 0 Å².